The molecule has 0 fully saturated rings. The van der Waals surface area contributed by atoms with E-state index in [4.69, 9.17) is 9.47 Å². The molecule has 0 unspecified atom stereocenters. The van der Waals surface area contributed by atoms with Crippen LogP contribution in [0.15, 0.2) is 18.3 Å². The Kier molecular flexibility index (Phi) is 5.12. The maximum absolute atomic E-state index is 12.4. The molecule has 0 bridgehead atoms. The van der Waals surface area contributed by atoms with E-state index in [0.29, 0.717) is 11.7 Å². The lowest BCUT2D eigenvalue weighted by Crippen LogP contribution is -2.14. The second kappa shape index (κ2) is 7.05. The van der Waals surface area contributed by atoms with Gasteiger partial charge < -0.3 is 9.47 Å². The predicted molar refractivity (Wildman–Crippen MR) is 85.6 cm³/mol. The number of aromatic nitrogens is 1. The van der Waals surface area contributed by atoms with Crippen molar-refractivity contribution in [3.8, 4) is 11.5 Å². The fraction of sp³-hybridized carbons (Fsp3) is 0.286. The van der Waals surface area contributed by atoms with Crippen LogP contribution in [0.4, 0.5) is 10.8 Å². The van der Waals surface area contributed by atoms with E-state index in [1.165, 1.54) is 30.6 Å². The number of ether oxygens (including phenoxy) is 2. The zero-order valence-electron chi connectivity index (χ0n) is 12.8. The molecule has 8 nitrogen and oxygen atoms in total. The van der Waals surface area contributed by atoms with Crippen molar-refractivity contribution in [2.45, 2.75) is 13.8 Å². The van der Waals surface area contributed by atoms with E-state index in [9.17, 15) is 14.9 Å². The SMILES string of the molecule is CCOc1cc(C(=O)Nc2ncc(C)s2)c([N+](=O)[O-])cc1OC. The van der Waals surface area contributed by atoms with E-state index in [1.807, 2.05) is 6.92 Å². The van der Waals surface area contributed by atoms with Crippen molar-refractivity contribution in [2.24, 2.45) is 0 Å². The number of hydrogen-bond donors (Lipinski definition) is 1. The number of nitrogens with one attached hydrogen (secondary N) is 1. The molecule has 2 rings (SSSR count). The van der Waals surface area contributed by atoms with Crippen molar-refractivity contribution in [3.05, 3.63) is 38.9 Å². The number of amides is 1. The number of hydrogen-bond acceptors (Lipinski definition) is 7. The van der Waals surface area contributed by atoms with Gasteiger partial charge in [0.15, 0.2) is 16.6 Å². The lowest BCUT2D eigenvalue weighted by molar-refractivity contribution is -0.385. The minimum Gasteiger partial charge on any atom is -0.493 e. The Labute approximate surface area is 136 Å². The fourth-order valence-corrected chi connectivity index (χ4v) is 2.55. The van der Waals surface area contributed by atoms with Crippen LogP contribution < -0.4 is 14.8 Å². The first-order valence-corrected chi connectivity index (χ1v) is 7.51. The largest absolute Gasteiger partial charge is 0.493 e. The molecule has 1 aromatic carbocycles. The first-order chi connectivity index (χ1) is 11.0. The maximum atomic E-state index is 12.4. The molecule has 0 aliphatic carbocycles. The lowest BCUT2D eigenvalue weighted by Gasteiger charge is -2.11. The van der Waals surface area contributed by atoms with Gasteiger partial charge in [-0.25, -0.2) is 4.98 Å². The third kappa shape index (κ3) is 3.75. The van der Waals surface area contributed by atoms with Gasteiger partial charge >= 0.3 is 0 Å². The van der Waals surface area contributed by atoms with Crippen molar-refractivity contribution >= 4 is 28.1 Å². The summed E-state index contributed by atoms with van der Waals surface area (Å²) in [6.45, 7) is 3.94. The Bertz CT molecular complexity index is 744. The Morgan fingerprint density at radius 1 is 1.43 bits per heavy atom. The van der Waals surface area contributed by atoms with Gasteiger partial charge in [-0.15, -0.1) is 11.3 Å². The highest BCUT2D eigenvalue weighted by Gasteiger charge is 2.25. The van der Waals surface area contributed by atoms with E-state index < -0.39 is 10.8 Å². The van der Waals surface area contributed by atoms with Crippen molar-refractivity contribution in [1.29, 1.82) is 0 Å². The van der Waals surface area contributed by atoms with E-state index in [-0.39, 0.29) is 22.7 Å². The van der Waals surface area contributed by atoms with Gasteiger partial charge in [-0.1, -0.05) is 0 Å². The fourth-order valence-electron chi connectivity index (χ4n) is 1.89. The van der Waals surface area contributed by atoms with Crippen molar-refractivity contribution < 1.29 is 19.2 Å². The van der Waals surface area contributed by atoms with Gasteiger partial charge in [-0.05, 0) is 13.8 Å². The van der Waals surface area contributed by atoms with Gasteiger partial charge in [-0.2, -0.15) is 0 Å². The number of nitro benzene ring substituents is 1. The van der Waals surface area contributed by atoms with E-state index >= 15 is 0 Å². The average Bonchev–Trinajstić information content (AvgIpc) is 2.91. The third-order valence-corrected chi connectivity index (χ3v) is 3.69. The Balaban J connectivity index is 2.43. The quantitative estimate of drug-likeness (QED) is 0.642. The number of anilines is 1. The highest BCUT2D eigenvalue weighted by molar-refractivity contribution is 7.15. The second-order valence-electron chi connectivity index (χ2n) is 4.44. The number of nitro groups is 1. The molecule has 0 aliphatic rings. The summed E-state index contributed by atoms with van der Waals surface area (Å²) in [4.78, 5) is 27.9. The molecular weight excluding hydrogens is 322 g/mol. The summed E-state index contributed by atoms with van der Waals surface area (Å²) in [5.41, 5.74) is -0.483. The predicted octanol–water partition coefficient (Wildman–Crippen LogP) is 3.02. The summed E-state index contributed by atoms with van der Waals surface area (Å²) in [5.74, 6) is -0.170. The monoisotopic (exact) mass is 337 g/mol. The van der Waals surface area contributed by atoms with Crippen LogP contribution in [0.5, 0.6) is 11.5 Å². The minimum atomic E-state index is -0.639. The van der Waals surface area contributed by atoms with Crippen LogP contribution in [0.1, 0.15) is 22.2 Å². The number of carbonyl (C=O) groups is 1. The summed E-state index contributed by atoms with van der Waals surface area (Å²) in [6.07, 6.45) is 1.61. The normalized spacial score (nSPS) is 10.2. The third-order valence-electron chi connectivity index (χ3n) is 2.86. The molecule has 1 aromatic heterocycles. The molecule has 0 atom stereocenters. The average molecular weight is 337 g/mol. The van der Waals surface area contributed by atoms with E-state index in [1.54, 1.807) is 13.1 Å². The molecule has 1 heterocycles. The second-order valence-corrected chi connectivity index (χ2v) is 5.68. The summed E-state index contributed by atoms with van der Waals surface area (Å²) in [5, 5.41) is 14.2. The smallest absolute Gasteiger partial charge is 0.286 e. The summed E-state index contributed by atoms with van der Waals surface area (Å²) in [6, 6.07) is 2.48. The van der Waals surface area contributed by atoms with Crippen LogP contribution in [0.3, 0.4) is 0 Å². The molecule has 0 saturated carbocycles. The van der Waals surface area contributed by atoms with Gasteiger partial charge in [-0.3, -0.25) is 20.2 Å². The van der Waals surface area contributed by atoms with Crippen LogP contribution in [-0.4, -0.2) is 29.5 Å². The van der Waals surface area contributed by atoms with Crippen LogP contribution in [0.2, 0.25) is 0 Å². The zero-order valence-corrected chi connectivity index (χ0v) is 13.6. The van der Waals surface area contributed by atoms with Crippen LogP contribution >= 0.6 is 11.3 Å². The molecule has 2 aromatic rings. The molecule has 1 amide bonds. The number of rotatable bonds is 6. The Hall–Kier alpha value is -2.68. The van der Waals surface area contributed by atoms with E-state index in [2.05, 4.69) is 10.3 Å². The van der Waals surface area contributed by atoms with Crippen LogP contribution in [0, 0.1) is 17.0 Å². The first kappa shape index (κ1) is 16.7. The number of aryl methyl sites for hydroxylation is 1. The molecule has 122 valence electrons. The Morgan fingerprint density at radius 3 is 2.70 bits per heavy atom. The van der Waals surface area contributed by atoms with Crippen molar-refractivity contribution in [2.75, 3.05) is 19.0 Å². The number of nitrogens with zero attached hydrogens (tertiary/aromatic N) is 2. The van der Waals surface area contributed by atoms with Crippen LogP contribution in [-0.2, 0) is 0 Å². The number of thiazole rings is 1. The minimum absolute atomic E-state index is 0.118. The zero-order chi connectivity index (χ0) is 17.0. The standard InChI is InChI=1S/C14H15N3O5S/c1-4-22-12-5-9(10(17(19)20)6-11(12)21-3)13(18)16-14-15-7-8(2)23-14/h5-7H,4H2,1-3H3,(H,15,16,18). The van der Waals surface area contributed by atoms with E-state index in [0.717, 1.165) is 4.88 Å². The number of methoxy groups -OCH3 is 1. The molecular formula is C14H15N3O5S. The molecule has 0 radical (unpaired) electrons. The highest BCUT2D eigenvalue weighted by atomic mass is 32.1. The maximum Gasteiger partial charge on any atom is 0.286 e. The summed E-state index contributed by atoms with van der Waals surface area (Å²) >= 11 is 1.28. The van der Waals surface area contributed by atoms with Gasteiger partial charge in [0.2, 0.25) is 0 Å². The highest BCUT2D eigenvalue weighted by Crippen LogP contribution is 2.35. The first-order valence-electron chi connectivity index (χ1n) is 6.69. The molecule has 0 spiro atoms. The summed E-state index contributed by atoms with van der Waals surface area (Å²) < 4.78 is 10.4. The molecule has 9 heteroatoms. The van der Waals surface area contributed by atoms with Crippen molar-refractivity contribution in [1.82, 2.24) is 4.98 Å². The molecule has 23 heavy (non-hydrogen) atoms. The van der Waals surface area contributed by atoms with Gasteiger partial charge in [0.05, 0.1) is 24.7 Å². The number of carbonyl (C=O) groups excluding carboxylic acids is 1. The molecule has 1 N–H and O–H groups in total. The van der Waals surface area contributed by atoms with Gasteiger partial charge in [0.25, 0.3) is 11.6 Å². The lowest BCUT2D eigenvalue weighted by atomic mass is 10.1. The van der Waals surface area contributed by atoms with Crippen LogP contribution in [0.25, 0.3) is 0 Å². The van der Waals surface area contributed by atoms with Gasteiger partial charge in [0.1, 0.15) is 5.56 Å². The molecule has 0 aliphatic heterocycles. The topological polar surface area (TPSA) is 104 Å². The number of benzene rings is 1. The van der Waals surface area contributed by atoms with Gasteiger partial charge in [0, 0.05) is 17.1 Å². The summed E-state index contributed by atoms with van der Waals surface area (Å²) in [7, 11) is 1.37. The Morgan fingerprint density at radius 2 is 2.17 bits per heavy atom. The van der Waals surface area contributed by atoms with Crippen molar-refractivity contribution in [3.63, 3.8) is 0 Å². The molecule has 0 saturated heterocycles.